The zero-order valence-electron chi connectivity index (χ0n) is 7.79. The summed E-state index contributed by atoms with van der Waals surface area (Å²) in [5, 5.41) is 13.0. The zero-order valence-corrected chi connectivity index (χ0v) is 9.30. The highest BCUT2D eigenvalue weighted by Gasteiger charge is 2.24. The van der Waals surface area contributed by atoms with Crippen LogP contribution in [0, 0.1) is 0 Å². The van der Waals surface area contributed by atoms with E-state index in [-0.39, 0.29) is 5.56 Å². The van der Waals surface area contributed by atoms with E-state index in [0.29, 0.717) is 17.8 Å². The van der Waals surface area contributed by atoms with Crippen LogP contribution in [0.1, 0.15) is 33.5 Å². The molecular weight excluding hydrogens is 227 g/mol. The van der Waals surface area contributed by atoms with E-state index in [9.17, 15) is 4.79 Å². The highest BCUT2D eigenvalue weighted by atomic mass is 35.5. The fourth-order valence-corrected chi connectivity index (χ4v) is 1.83. The van der Waals surface area contributed by atoms with Crippen molar-refractivity contribution in [3.05, 3.63) is 17.0 Å². The first-order valence-corrected chi connectivity index (χ1v) is 4.93. The molecule has 0 aliphatic carbocycles. The second-order valence-electron chi connectivity index (χ2n) is 2.79. The molecule has 0 radical (unpaired) electrons. The number of carboxylic acid groups (broad SMARTS) is 1. The van der Waals surface area contributed by atoms with Crippen LogP contribution in [0.5, 0.6) is 0 Å². The molecule has 0 aromatic carbocycles. The summed E-state index contributed by atoms with van der Waals surface area (Å²) in [4.78, 5) is 10.1. The molecule has 0 fully saturated rings. The Morgan fingerprint density at radius 2 is 2.21 bits per heavy atom. The molecule has 1 aromatic rings. The number of hydrogen-bond acceptors (Lipinski definition) is 2. The maximum absolute atomic E-state index is 10.9. The fraction of sp³-hybridized carbons (Fsp3) is 0.500. The summed E-state index contributed by atoms with van der Waals surface area (Å²) in [6.07, 6.45) is 0.538. The predicted molar refractivity (Wildman–Crippen MR) is 54.0 cm³/mol. The largest absolute Gasteiger partial charge is 0.478 e. The van der Waals surface area contributed by atoms with E-state index in [1.807, 2.05) is 6.92 Å². The Balaban J connectivity index is 3.39. The summed E-state index contributed by atoms with van der Waals surface area (Å²) < 4.78 is 1.41. The van der Waals surface area contributed by atoms with Crippen molar-refractivity contribution in [1.29, 1.82) is 0 Å². The SMILES string of the molecule is CCc1nn(C)c(C(Cl)Cl)c1C(=O)O. The van der Waals surface area contributed by atoms with Gasteiger partial charge in [0.1, 0.15) is 10.4 Å². The molecule has 4 nitrogen and oxygen atoms in total. The lowest BCUT2D eigenvalue weighted by atomic mass is 10.1. The van der Waals surface area contributed by atoms with Gasteiger partial charge < -0.3 is 5.11 Å². The third-order valence-corrected chi connectivity index (χ3v) is 2.33. The molecule has 6 heteroatoms. The van der Waals surface area contributed by atoms with Crippen LogP contribution in [0.2, 0.25) is 0 Å². The molecule has 0 saturated carbocycles. The topological polar surface area (TPSA) is 55.1 Å². The Morgan fingerprint density at radius 3 is 2.57 bits per heavy atom. The third-order valence-electron chi connectivity index (χ3n) is 1.92. The number of nitrogens with zero attached hydrogens (tertiary/aromatic N) is 2. The first kappa shape index (κ1) is 11.3. The van der Waals surface area contributed by atoms with Crippen molar-refractivity contribution in [2.75, 3.05) is 0 Å². The molecule has 0 spiro atoms. The third kappa shape index (κ3) is 1.86. The minimum Gasteiger partial charge on any atom is -0.478 e. The van der Waals surface area contributed by atoms with Crippen molar-refractivity contribution >= 4 is 29.2 Å². The first-order chi connectivity index (χ1) is 6.49. The lowest BCUT2D eigenvalue weighted by Crippen LogP contribution is -2.05. The molecule has 0 saturated heterocycles. The van der Waals surface area contributed by atoms with E-state index >= 15 is 0 Å². The van der Waals surface area contributed by atoms with Gasteiger partial charge in [-0.25, -0.2) is 4.79 Å². The van der Waals surface area contributed by atoms with Gasteiger partial charge in [-0.1, -0.05) is 30.1 Å². The second-order valence-corrected chi connectivity index (χ2v) is 3.89. The van der Waals surface area contributed by atoms with Crippen molar-refractivity contribution in [3.63, 3.8) is 0 Å². The Morgan fingerprint density at radius 1 is 1.64 bits per heavy atom. The van der Waals surface area contributed by atoms with Gasteiger partial charge in [-0.15, -0.1) is 0 Å². The Hall–Kier alpha value is -0.740. The van der Waals surface area contributed by atoms with Crippen LogP contribution in [0.4, 0.5) is 0 Å². The van der Waals surface area contributed by atoms with E-state index in [1.165, 1.54) is 4.68 Å². The smallest absolute Gasteiger partial charge is 0.339 e. The van der Waals surface area contributed by atoms with Crippen LogP contribution in [0.15, 0.2) is 0 Å². The lowest BCUT2D eigenvalue weighted by Gasteiger charge is -2.03. The average molecular weight is 237 g/mol. The van der Waals surface area contributed by atoms with Crippen LogP contribution >= 0.6 is 23.2 Å². The number of rotatable bonds is 3. The number of carbonyl (C=O) groups is 1. The van der Waals surface area contributed by atoms with Gasteiger partial charge in [0.05, 0.1) is 11.4 Å². The molecule has 0 amide bonds. The molecule has 1 rings (SSSR count). The van der Waals surface area contributed by atoms with Gasteiger partial charge in [-0.3, -0.25) is 4.68 Å². The Labute approximate surface area is 91.4 Å². The highest BCUT2D eigenvalue weighted by Crippen LogP contribution is 2.29. The summed E-state index contributed by atoms with van der Waals surface area (Å²) in [6.45, 7) is 1.83. The average Bonchev–Trinajstić information content (AvgIpc) is 2.41. The van der Waals surface area contributed by atoms with E-state index in [4.69, 9.17) is 28.3 Å². The van der Waals surface area contributed by atoms with Crippen molar-refractivity contribution in [3.8, 4) is 0 Å². The number of alkyl halides is 2. The standard InChI is InChI=1S/C8H10Cl2N2O2/c1-3-4-5(8(13)14)6(7(9)10)12(2)11-4/h7H,3H2,1-2H3,(H,13,14). The summed E-state index contributed by atoms with van der Waals surface area (Å²) in [7, 11) is 1.62. The molecule has 0 aliphatic heterocycles. The van der Waals surface area contributed by atoms with Gasteiger partial charge >= 0.3 is 5.97 Å². The van der Waals surface area contributed by atoms with Crippen LogP contribution in [-0.2, 0) is 13.5 Å². The van der Waals surface area contributed by atoms with E-state index in [2.05, 4.69) is 5.10 Å². The fourth-order valence-electron chi connectivity index (χ4n) is 1.33. The summed E-state index contributed by atoms with van der Waals surface area (Å²) >= 11 is 11.3. The maximum Gasteiger partial charge on any atom is 0.339 e. The summed E-state index contributed by atoms with van der Waals surface area (Å²) in [5.41, 5.74) is 0.948. The number of aromatic nitrogens is 2. The number of hydrogen-bond donors (Lipinski definition) is 1. The van der Waals surface area contributed by atoms with E-state index in [1.54, 1.807) is 7.05 Å². The van der Waals surface area contributed by atoms with Gasteiger partial charge in [0, 0.05) is 7.05 Å². The molecule has 78 valence electrons. The monoisotopic (exact) mass is 236 g/mol. The van der Waals surface area contributed by atoms with Crippen LogP contribution in [-0.4, -0.2) is 20.9 Å². The number of aromatic carboxylic acids is 1. The van der Waals surface area contributed by atoms with Crippen LogP contribution in [0.3, 0.4) is 0 Å². The zero-order chi connectivity index (χ0) is 10.9. The van der Waals surface area contributed by atoms with Gasteiger partial charge in [0.15, 0.2) is 0 Å². The molecule has 1 aromatic heterocycles. The van der Waals surface area contributed by atoms with Crippen molar-refractivity contribution in [1.82, 2.24) is 9.78 Å². The van der Waals surface area contributed by atoms with Crippen molar-refractivity contribution < 1.29 is 9.90 Å². The minimum absolute atomic E-state index is 0.116. The second kappa shape index (κ2) is 4.19. The highest BCUT2D eigenvalue weighted by molar-refractivity contribution is 6.44. The number of halogens is 2. The van der Waals surface area contributed by atoms with Crippen molar-refractivity contribution in [2.24, 2.45) is 7.05 Å². The summed E-state index contributed by atoms with van der Waals surface area (Å²) in [5.74, 6) is -1.05. The molecule has 1 N–H and O–H groups in total. The molecule has 0 bridgehead atoms. The van der Waals surface area contributed by atoms with Crippen molar-refractivity contribution in [2.45, 2.75) is 18.2 Å². The maximum atomic E-state index is 10.9. The van der Waals surface area contributed by atoms with E-state index < -0.39 is 10.8 Å². The van der Waals surface area contributed by atoms with Gasteiger partial charge in [-0.05, 0) is 6.42 Å². The van der Waals surface area contributed by atoms with Gasteiger partial charge in [0.25, 0.3) is 0 Å². The Bertz CT molecular complexity index is 360. The molecule has 14 heavy (non-hydrogen) atoms. The number of aryl methyl sites for hydroxylation is 2. The molecule has 0 unspecified atom stereocenters. The summed E-state index contributed by atoms with van der Waals surface area (Å²) in [6, 6.07) is 0. The first-order valence-electron chi connectivity index (χ1n) is 4.06. The molecular formula is C8H10Cl2N2O2. The molecule has 1 heterocycles. The Kier molecular flexibility index (Phi) is 3.39. The normalized spacial score (nSPS) is 10.9. The predicted octanol–water partition coefficient (Wildman–Crippen LogP) is 2.16. The van der Waals surface area contributed by atoms with Crippen LogP contribution < -0.4 is 0 Å². The molecule has 0 atom stereocenters. The van der Waals surface area contributed by atoms with Gasteiger partial charge in [-0.2, -0.15) is 5.10 Å². The quantitative estimate of drug-likeness (QED) is 0.819. The molecule has 0 aliphatic rings. The lowest BCUT2D eigenvalue weighted by molar-refractivity contribution is 0.0694. The van der Waals surface area contributed by atoms with Gasteiger partial charge in [0.2, 0.25) is 0 Å². The number of carboxylic acids is 1. The van der Waals surface area contributed by atoms with E-state index in [0.717, 1.165) is 0 Å². The van der Waals surface area contributed by atoms with Crippen LogP contribution in [0.25, 0.3) is 0 Å². The minimum atomic E-state index is -1.05.